The van der Waals surface area contributed by atoms with E-state index in [-0.39, 0.29) is 0 Å². The molecule has 0 bridgehead atoms. The van der Waals surface area contributed by atoms with Crippen LogP contribution in [-0.2, 0) is 0 Å². The molecule has 1 heterocycles. The molecular formula is C49H34N2. The van der Waals surface area contributed by atoms with Crippen LogP contribution in [0.5, 0.6) is 0 Å². The molecule has 0 atom stereocenters. The van der Waals surface area contributed by atoms with E-state index in [1.807, 2.05) is 0 Å². The zero-order valence-corrected chi connectivity index (χ0v) is 28.3. The van der Waals surface area contributed by atoms with Gasteiger partial charge in [-0.1, -0.05) is 139 Å². The Hall–Kier alpha value is -6.64. The lowest BCUT2D eigenvalue weighted by atomic mass is 9.94. The smallest absolute Gasteiger partial charge is 0.0561 e. The molecule has 0 saturated carbocycles. The van der Waals surface area contributed by atoms with Gasteiger partial charge in [0.05, 0.1) is 11.0 Å². The molecule has 0 radical (unpaired) electrons. The molecule has 2 nitrogen and oxygen atoms in total. The SMILES string of the molecule is Cc1ccc(N(c2ccc3c4ccccc4c4ccccc4c3c2)c2ccc3c4ccccc4n(-c4cccc(-c5ccccc5)c4)c3c2)cc1. The fourth-order valence-corrected chi connectivity index (χ4v) is 8.01. The summed E-state index contributed by atoms with van der Waals surface area (Å²) in [4.78, 5) is 2.41. The first-order valence-electron chi connectivity index (χ1n) is 17.6. The molecule has 0 spiro atoms. The van der Waals surface area contributed by atoms with Gasteiger partial charge in [0.2, 0.25) is 0 Å². The van der Waals surface area contributed by atoms with Crippen LogP contribution in [-0.4, -0.2) is 4.57 Å². The molecule has 10 rings (SSSR count). The van der Waals surface area contributed by atoms with Gasteiger partial charge in [0, 0.05) is 33.5 Å². The Morgan fingerprint density at radius 2 is 0.843 bits per heavy atom. The second-order valence-corrected chi connectivity index (χ2v) is 13.5. The van der Waals surface area contributed by atoms with Crippen LogP contribution in [0.25, 0.3) is 70.9 Å². The molecule has 240 valence electrons. The Bertz CT molecular complexity index is 2880. The zero-order chi connectivity index (χ0) is 33.9. The van der Waals surface area contributed by atoms with Gasteiger partial charge in [0.1, 0.15) is 0 Å². The van der Waals surface area contributed by atoms with Crippen LogP contribution < -0.4 is 4.90 Å². The summed E-state index contributed by atoms with van der Waals surface area (Å²) in [6.07, 6.45) is 0. The van der Waals surface area contributed by atoms with Gasteiger partial charge < -0.3 is 9.47 Å². The van der Waals surface area contributed by atoms with Gasteiger partial charge in [-0.2, -0.15) is 0 Å². The minimum atomic E-state index is 1.11. The number of rotatable bonds is 5. The molecule has 0 aliphatic carbocycles. The van der Waals surface area contributed by atoms with E-state index in [0.717, 1.165) is 22.7 Å². The molecular weight excluding hydrogens is 617 g/mol. The maximum Gasteiger partial charge on any atom is 0.0561 e. The third-order valence-corrected chi connectivity index (χ3v) is 10.4. The molecule has 0 saturated heterocycles. The Morgan fingerprint density at radius 1 is 0.333 bits per heavy atom. The summed E-state index contributed by atoms with van der Waals surface area (Å²) in [6.45, 7) is 2.15. The minimum Gasteiger partial charge on any atom is -0.310 e. The van der Waals surface area contributed by atoms with E-state index >= 15 is 0 Å². The van der Waals surface area contributed by atoms with Crippen molar-refractivity contribution in [1.29, 1.82) is 0 Å². The van der Waals surface area contributed by atoms with Gasteiger partial charge in [-0.05, 0) is 105 Å². The van der Waals surface area contributed by atoms with Crippen molar-refractivity contribution >= 4 is 71.2 Å². The lowest BCUT2D eigenvalue weighted by molar-refractivity contribution is 1.18. The quantitative estimate of drug-likeness (QED) is 0.168. The molecule has 0 unspecified atom stereocenters. The Morgan fingerprint density at radius 3 is 1.55 bits per heavy atom. The number of anilines is 3. The van der Waals surface area contributed by atoms with E-state index in [1.54, 1.807) is 0 Å². The van der Waals surface area contributed by atoms with Crippen LogP contribution in [0.15, 0.2) is 188 Å². The van der Waals surface area contributed by atoms with Gasteiger partial charge in [0.25, 0.3) is 0 Å². The maximum atomic E-state index is 2.42. The normalized spacial score (nSPS) is 11.6. The lowest BCUT2D eigenvalue weighted by Crippen LogP contribution is -2.10. The molecule has 0 fully saturated rings. The number of benzene rings is 9. The number of aryl methyl sites for hydroxylation is 1. The molecule has 0 amide bonds. The molecule has 9 aromatic carbocycles. The highest BCUT2D eigenvalue weighted by Gasteiger charge is 2.19. The van der Waals surface area contributed by atoms with E-state index in [9.17, 15) is 0 Å². The minimum absolute atomic E-state index is 1.11. The highest BCUT2D eigenvalue weighted by Crippen LogP contribution is 2.43. The summed E-state index contributed by atoms with van der Waals surface area (Å²) in [5, 5.41) is 10.1. The number of nitrogens with zero attached hydrogens (tertiary/aromatic N) is 2. The number of hydrogen-bond acceptors (Lipinski definition) is 1. The zero-order valence-electron chi connectivity index (χ0n) is 28.3. The van der Waals surface area contributed by atoms with Gasteiger partial charge in [-0.25, -0.2) is 0 Å². The molecule has 51 heavy (non-hydrogen) atoms. The first-order chi connectivity index (χ1) is 25.2. The summed E-state index contributed by atoms with van der Waals surface area (Å²) in [5.74, 6) is 0. The first-order valence-corrected chi connectivity index (χ1v) is 17.6. The van der Waals surface area contributed by atoms with E-state index < -0.39 is 0 Å². The fraction of sp³-hybridized carbons (Fsp3) is 0.0204. The van der Waals surface area contributed by atoms with Crippen molar-refractivity contribution in [2.75, 3.05) is 4.90 Å². The highest BCUT2D eigenvalue weighted by molar-refractivity contribution is 6.25. The second kappa shape index (κ2) is 11.8. The number of fused-ring (bicyclic) bond motifs is 9. The summed E-state index contributed by atoms with van der Waals surface area (Å²) in [7, 11) is 0. The second-order valence-electron chi connectivity index (χ2n) is 13.5. The molecule has 2 heteroatoms. The molecule has 1 aromatic heterocycles. The van der Waals surface area contributed by atoms with Crippen molar-refractivity contribution in [2.24, 2.45) is 0 Å². The average molecular weight is 651 g/mol. The van der Waals surface area contributed by atoms with Crippen molar-refractivity contribution in [1.82, 2.24) is 4.57 Å². The summed E-state index contributed by atoms with van der Waals surface area (Å²) in [5.41, 5.74) is 10.5. The fourth-order valence-electron chi connectivity index (χ4n) is 8.01. The highest BCUT2D eigenvalue weighted by atomic mass is 15.1. The molecule has 0 aliphatic heterocycles. The van der Waals surface area contributed by atoms with Gasteiger partial charge in [-0.3, -0.25) is 0 Å². The summed E-state index contributed by atoms with van der Waals surface area (Å²) >= 11 is 0. The summed E-state index contributed by atoms with van der Waals surface area (Å²) < 4.78 is 2.42. The van der Waals surface area contributed by atoms with Crippen LogP contribution in [0.2, 0.25) is 0 Å². The maximum absolute atomic E-state index is 2.42. The van der Waals surface area contributed by atoms with Gasteiger partial charge >= 0.3 is 0 Å². The number of para-hydroxylation sites is 1. The molecule has 0 N–H and O–H groups in total. The predicted molar refractivity (Wildman–Crippen MR) is 218 cm³/mol. The standard InChI is InChI=1S/C49H34N2/c1-33-22-24-36(25-23-33)50(38-26-28-44-42-18-6-5-16-40(42)41-17-7-8-19-43(41)47(44)31-38)39-27-29-46-45-20-9-10-21-48(45)51(49(46)32-39)37-15-11-14-35(30-37)34-12-3-2-4-13-34/h2-32H,1H3. The average Bonchev–Trinajstić information content (AvgIpc) is 3.53. The Labute approximate surface area is 297 Å². The molecule has 0 aliphatic rings. The topological polar surface area (TPSA) is 8.17 Å². The van der Waals surface area contributed by atoms with Crippen LogP contribution in [0.1, 0.15) is 5.56 Å². The van der Waals surface area contributed by atoms with Gasteiger partial charge in [-0.15, -0.1) is 0 Å². The Balaban J connectivity index is 1.22. The lowest BCUT2D eigenvalue weighted by Gasteiger charge is -2.26. The number of aromatic nitrogens is 1. The number of hydrogen-bond donors (Lipinski definition) is 0. The predicted octanol–water partition coefficient (Wildman–Crippen LogP) is 13.7. The third kappa shape index (κ3) is 4.80. The first kappa shape index (κ1) is 29.3. The third-order valence-electron chi connectivity index (χ3n) is 10.4. The van der Waals surface area contributed by atoms with Crippen LogP contribution >= 0.6 is 0 Å². The van der Waals surface area contributed by atoms with Crippen LogP contribution in [0.3, 0.4) is 0 Å². The van der Waals surface area contributed by atoms with E-state index in [4.69, 9.17) is 0 Å². The van der Waals surface area contributed by atoms with Crippen LogP contribution in [0.4, 0.5) is 17.1 Å². The largest absolute Gasteiger partial charge is 0.310 e. The van der Waals surface area contributed by atoms with Crippen molar-refractivity contribution in [3.8, 4) is 16.8 Å². The monoisotopic (exact) mass is 650 g/mol. The van der Waals surface area contributed by atoms with Crippen molar-refractivity contribution in [2.45, 2.75) is 6.92 Å². The van der Waals surface area contributed by atoms with E-state index in [1.165, 1.54) is 70.8 Å². The van der Waals surface area contributed by atoms with E-state index in [2.05, 4.69) is 204 Å². The van der Waals surface area contributed by atoms with Crippen molar-refractivity contribution < 1.29 is 0 Å². The summed E-state index contributed by atoms with van der Waals surface area (Å²) in [6, 6.07) is 68.7. The van der Waals surface area contributed by atoms with Crippen LogP contribution in [0, 0.1) is 6.92 Å². The van der Waals surface area contributed by atoms with Crippen molar-refractivity contribution in [3.05, 3.63) is 194 Å². The Kier molecular flexibility index (Phi) is 6.75. The van der Waals surface area contributed by atoms with E-state index in [0.29, 0.717) is 0 Å². The van der Waals surface area contributed by atoms with Crippen molar-refractivity contribution in [3.63, 3.8) is 0 Å². The molecule has 10 aromatic rings. The van der Waals surface area contributed by atoms with Gasteiger partial charge in [0.15, 0.2) is 0 Å².